The Morgan fingerprint density at radius 2 is 1.71 bits per heavy atom. The average Bonchev–Trinajstić information content (AvgIpc) is 3.08. The Bertz CT molecular complexity index is 275. The van der Waals surface area contributed by atoms with Gasteiger partial charge < -0.3 is 11.1 Å². The molecule has 3 heteroatoms. The Hall–Kier alpha value is -0.570. The van der Waals surface area contributed by atoms with Gasteiger partial charge in [0.2, 0.25) is 5.91 Å². The second-order valence-electron chi connectivity index (χ2n) is 6.93. The van der Waals surface area contributed by atoms with Crippen LogP contribution in [0.4, 0.5) is 0 Å². The zero-order valence-electron chi connectivity index (χ0n) is 11.3. The van der Waals surface area contributed by atoms with Crippen molar-refractivity contribution in [3.8, 4) is 0 Å². The van der Waals surface area contributed by atoms with E-state index < -0.39 is 6.04 Å². The topological polar surface area (TPSA) is 55.1 Å². The molecule has 0 aromatic carbocycles. The first-order valence-corrected chi connectivity index (χ1v) is 6.93. The summed E-state index contributed by atoms with van der Waals surface area (Å²) in [6.45, 7) is 6.88. The fourth-order valence-corrected chi connectivity index (χ4v) is 2.49. The third kappa shape index (κ3) is 3.44. The van der Waals surface area contributed by atoms with Gasteiger partial charge in [-0.05, 0) is 48.9 Å². The van der Waals surface area contributed by atoms with Crippen molar-refractivity contribution in [2.75, 3.05) is 6.54 Å². The monoisotopic (exact) mass is 238 g/mol. The van der Waals surface area contributed by atoms with E-state index in [4.69, 9.17) is 5.73 Å². The molecule has 0 unspecified atom stereocenters. The van der Waals surface area contributed by atoms with Gasteiger partial charge >= 0.3 is 0 Å². The molecule has 0 bridgehead atoms. The van der Waals surface area contributed by atoms with Gasteiger partial charge in [-0.3, -0.25) is 4.79 Å². The second-order valence-corrected chi connectivity index (χ2v) is 6.93. The number of hydrogen-bond donors (Lipinski definition) is 2. The molecule has 0 aliphatic heterocycles. The third-order valence-corrected chi connectivity index (χ3v) is 4.18. The summed E-state index contributed by atoms with van der Waals surface area (Å²) in [6.07, 6.45) is 5.45. The lowest BCUT2D eigenvalue weighted by Gasteiger charge is -2.27. The number of carbonyl (C=O) groups excluding carboxylic acids is 1. The second kappa shape index (κ2) is 4.60. The SMILES string of the molecule is CC(C)(C)[C@H](N)C(=O)NCC(C1CC1)C1CC1. The molecule has 0 aromatic heterocycles. The minimum absolute atomic E-state index is 0.0174. The Balaban J connectivity index is 1.78. The van der Waals surface area contributed by atoms with E-state index in [2.05, 4.69) is 5.32 Å². The summed E-state index contributed by atoms with van der Waals surface area (Å²) in [7, 11) is 0. The largest absolute Gasteiger partial charge is 0.354 e. The molecule has 3 nitrogen and oxygen atoms in total. The average molecular weight is 238 g/mol. The normalized spacial score (nSPS) is 22.6. The number of hydrogen-bond acceptors (Lipinski definition) is 2. The van der Waals surface area contributed by atoms with Crippen LogP contribution in [0.15, 0.2) is 0 Å². The van der Waals surface area contributed by atoms with Crippen LogP contribution in [0.5, 0.6) is 0 Å². The first-order valence-electron chi connectivity index (χ1n) is 6.93. The molecule has 2 aliphatic rings. The minimum atomic E-state index is -0.401. The lowest BCUT2D eigenvalue weighted by molar-refractivity contribution is -0.124. The van der Waals surface area contributed by atoms with Crippen LogP contribution >= 0.6 is 0 Å². The van der Waals surface area contributed by atoms with Gasteiger partial charge in [-0.15, -0.1) is 0 Å². The van der Waals surface area contributed by atoms with Crippen LogP contribution in [0.1, 0.15) is 46.5 Å². The quantitative estimate of drug-likeness (QED) is 0.768. The number of nitrogens with one attached hydrogen (secondary N) is 1. The molecule has 3 N–H and O–H groups in total. The van der Waals surface area contributed by atoms with E-state index in [-0.39, 0.29) is 11.3 Å². The summed E-state index contributed by atoms with van der Waals surface area (Å²) in [5, 5.41) is 3.07. The highest BCUT2D eigenvalue weighted by Gasteiger charge is 2.41. The smallest absolute Gasteiger partial charge is 0.237 e. The van der Waals surface area contributed by atoms with Crippen LogP contribution < -0.4 is 11.1 Å². The summed E-state index contributed by atoms with van der Waals surface area (Å²) in [5.74, 6) is 2.51. The first-order chi connectivity index (χ1) is 7.89. The van der Waals surface area contributed by atoms with E-state index in [0.29, 0.717) is 0 Å². The summed E-state index contributed by atoms with van der Waals surface area (Å²) in [5.41, 5.74) is 5.80. The van der Waals surface area contributed by atoms with Crippen molar-refractivity contribution in [3.63, 3.8) is 0 Å². The molecule has 1 atom stereocenters. The molecule has 0 saturated heterocycles. The standard InChI is InChI=1S/C14H26N2O/c1-14(2,3)12(15)13(17)16-8-11(9-4-5-9)10-6-7-10/h9-12H,4-8,15H2,1-3H3,(H,16,17)/t12-/m1/s1. The lowest BCUT2D eigenvalue weighted by atomic mass is 9.86. The van der Waals surface area contributed by atoms with Gasteiger partial charge in [0, 0.05) is 6.54 Å². The van der Waals surface area contributed by atoms with Gasteiger partial charge in [-0.1, -0.05) is 20.8 Å². The van der Waals surface area contributed by atoms with Crippen LogP contribution in [-0.4, -0.2) is 18.5 Å². The Morgan fingerprint density at radius 3 is 2.06 bits per heavy atom. The molecule has 2 fully saturated rings. The van der Waals surface area contributed by atoms with Crippen molar-refractivity contribution in [1.82, 2.24) is 5.32 Å². The molecule has 0 heterocycles. The summed E-state index contributed by atoms with van der Waals surface area (Å²) in [4.78, 5) is 11.9. The fraction of sp³-hybridized carbons (Fsp3) is 0.929. The van der Waals surface area contributed by atoms with Crippen molar-refractivity contribution < 1.29 is 4.79 Å². The van der Waals surface area contributed by atoms with Crippen molar-refractivity contribution in [2.24, 2.45) is 28.9 Å². The molecule has 17 heavy (non-hydrogen) atoms. The lowest BCUT2D eigenvalue weighted by Crippen LogP contribution is -2.49. The number of nitrogens with two attached hydrogens (primary N) is 1. The molecular formula is C14H26N2O. The number of amides is 1. The van der Waals surface area contributed by atoms with Gasteiger partial charge in [-0.2, -0.15) is 0 Å². The number of rotatable bonds is 5. The summed E-state index contributed by atoms with van der Waals surface area (Å²) >= 11 is 0. The maximum Gasteiger partial charge on any atom is 0.237 e. The van der Waals surface area contributed by atoms with Gasteiger partial charge in [-0.25, -0.2) is 0 Å². The molecule has 2 aliphatic carbocycles. The third-order valence-electron chi connectivity index (χ3n) is 4.18. The van der Waals surface area contributed by atoms with Gasteiger partial charge in [0.1, 0.15) is 0 Å². The minimum Gasteiger partial charge on any atom is -0.354 e. The Labute approximate surface area is 105 Å². The highest BCUT2D eigenvalue weighted by Crippen LogP contribution is 2.48. The van der Waals surface area contributed by atoms with Crippen molar-refractivity contribution >= 4 is 5.91 Å². The maximum atomic E-state index is 11.9. The molecule has 0 aromatic rings. The van der Waals surface area contributed by atoms with Crippen LogP contribution in [-0.2, 0) is 4.79 Å². The predicted octanol–water partition coefficient (Wildman–Crippen LogP) is 1.91. The van der Waals surface area contributed by atoms with Crippen LogP contribution in [0.25, 0.3) is 0 Å². The molecular weight excluding hydrogens is 212 g/mol. The molecule has 2 saturated carbocycles. The van der Waals surface area contributed by atoms with E-state index in [1.807, 2.05) is 20.8 Å². The summed E-state index contributed by atoms with van der Waals surface area (Å²) < 4.78 is 0. The number of carbonyl (C=O) groups is 1. The van der Waals surface area contributed by atoms with Crippen molar-refractivity contribution in [3.05, 3.63) is 0 Å². The molecule has 1 amide bonds. The zero-order valence-corrected chi connectivity index (χ0v) is 11.3. The highest BCUT2D eigenvalue weighted by atomic mass is 16.2. The van der Waals surface area contributed by atoms with Crippen LogP contribution in [0.3, 0.4) is 0 Å². The van der Waals surface area contributed by atoms with E-state index in [9.17, 15) is 4.79 Å². The maximum absolute atomic E-state index is 11.9. The predicted molar refractivity (Wildman–Crippen MR) is 69.4 cm³/mol. The molecule has 2 rings (SSSR count). The van der Waals surface area contributed by atoms with Crippen molar-refractivity contribution in [1.29, 1.82) is 0 Å². The van der Waals surface area contributed by atoms with E-state index in [1.165, 1.54) is 25.7 Å². The highest BCUT2D eigenvalue weighted by molar-refractivity contribution is 5.82. The first kappa shape index (κ1) is 12.9. The van der Waals surface area contributed by atoms with E-state index >= 15 is 0 Å². The fourth-order valence-electron chi connectivity index (χ4n) is 2.49. The van der Waals surface area contributed by atoms with Crippen LogP contribution in [0.2, 0.25) is 0 Å². The summed E-state index contributed by atoms with van der Waals surface area (Å²) in [6, 6.07) is -0.401. The van der Waals surface area contributed by atoms with Gasteiger partial charge in [0.25, 0.3) is 0 Å². The molecule has 0 spiro atoms. The Kier molecular flexibility index (Phi) is 3.48. The molecule has 0 radical (unpaired) electrons. The van der Waals surface area contributed by atoms with Crippen LogP contribution in [0, 0.1) is 23.2 Å². The van der Waals surface area contributed by atoms with E-state index in [1.54, 1.807) is 0 Å². The van der Waals surface area contributed by atoms with Crippen molar-refractivity contribution in [2.45, 2.75) is 52.5 Å². The molecule has 98 valence electrons. The Morgan fingerprint density at radius 1 is 1.24 bits per heavy atom. The zero-order chi connectivity index (χ0) is 12.6. The van der Waals surface area contributed by atoms with Gasteiger partial charge in [0.05, 0.1) is 6.04 Å². The van der Waals surface area contributed by atoms with E-state index in [0.717, 1.165) is 24.3 Å². The van der Waals surface area contributed by atoms with Gasteiger partial charge in [0.15, 0.2) is 0 Å².